The minimum absolute atomic E-state index is 0.679. The lowest BCUT2D eigenvalue weighted by atomic mass is 10.0. The lowest BCUT2D eigenvalue weighted by Crippen LogP contribution is -2.19. The first kappa shape index (κ1) is 13.3. The van der Waals surface area contributed by atoms with Gasteiger partial charge in [-0.05, 0) is 11.8 Å². The standard InChI is InChI=1S/C16H18N2OS/c1-11-8-18(9-12(11)2)16-17-15(14(10-19)20-16)13-6-4-3-5-7-13/h3-7,10-12H,8-9H2,1-2H3. The van der Waals surface area contributed by atoms with Crippen LogP contribution in [0.2, 0.25) is 0 Å². The van der Waals surface area contributed by atoms with E-state index in [0.29, 0.717) is 11.8 Å². The molecular formula is C16H18N2OS. The minimum atomic E-state index is 0.679. The molecule has 1 fully saturated rings. The Morgan fingerprint density at radius 2 is 1.85 bits per heavy atom. The van der Waals surface area contributed by atoms with Crippen molar-refractivity contribution in [2.24, 2.45) is 11.8 Å². The number of nitrogens with zero attached hydrogens (tertiary/aromatic N) is 2. The monoisotopic (exact) mass is 286 g/mol. The predicted molar refractivity (Wildman–Crippen MR) is 83.5 cm³/mol. The first-order chi connectivity index (χ1) is 9.69. The van der Waals surface area contributed by atoms with Gasteiger partial charge in [-0.2, -0.15) is 0 Å². The number of carbonyl (C=O) groups excluding carboxylic acids is 1. The van der Waals surface area contributed by atoms with Gasteiger partial charge in [-0.15, -0.1) is 0 Å². The summed E-state index contributed by atoms with van der Waals surface area (Å²) in [6.45, 7) is 6.61. The van der Waals surface area contributed by atoms with Gasteiger partial charge < -0.3 is 4.90 Å². The van der Waals surface area contributed by atoms with Crippen molar-refractivity contribution >= 4 is 22.8 Å². The second kappa shape index (κ2) is 5.37. The molecule has 3 nitrogen and oxygen atoms in total. The number of hydrogen-bond acceptors (Lipinski definition) is 4. The largest absolute Gasteiger partial charge is 0.348 e. The SMILES string of the molecule is CC1CN(c2nc(-c3ccccc3)c(C=O)s2)CC1C. The predicted octanol–water partition coefficient (Wildman–Crippen LogP) is 3.71. The van der Waals surface area contributed by atoms with Crippen LogP contribution in [0.3, 0.4) is 0 Å². The first-order valence-corrected chi connectivity index (χ1v) is 7.77. The van der Waals surface area contributed by atoms with Crippen LogP contribution in [0.4, 0.5) is 5.13 Å². The summed E-state index contributed by atoms with van der Waals surface area (Å²) in [5.74, 6) is 1.36. The van der Waals surface area contributed by atoms with E-state index in [9.17, 15) is 4.79 Å². The molecule has 2 atom stereocenters. The zero-order chi connectivity index (χ0) is 14.1. The molecule has 2 unspecified atom stereocenters. The average Bonchev–Trinajstić information content (AvgIpc) is 3.04. The van der Waals surface area contributed by atoms with Crippen LogP contribution in [0.1, 0.15) is 23.5 Å². The third-order valence-electron chi connectivity index (χ3n) is 4.06. The Labute approximate surface area is 123 Å². The molecule has 20 heavy (non-hydrogen) atoms. The van der Waals surface area contributed by atoms with E-state index in [1.54, 1.807) is 0 Å². The summed E-state index contributed by atoms with van der Waals surface area (Å²) in [4.78, 5) is 19.1. The van der Waals surface area contributed by atoms with Crippen molar-refractivity contribution in [2.45, 2.75) is 13.8 Å². The molecule has 2 aromatic rings. The van der Waals surface area contributed by atoms with Gasteiger partial charge in [0, 0.05) is 18.7 Å². The van der Waals surface area contributed by atoms with Crippen molar-refractivity contribution in [3.05, 3.63) is 35.2 Å². The number of benzene rings is 1. The Morgan fingerprint density at radius 3 is 2.45 bits per heavy atom. The molecule has 4 heteroatoms. The average molecular weight is 286 g/mol. The van der Waals surface area contributed by atoms with Crippen molar-refractivity contribution in [1.29, 1.82) is 0 Å². The van der Waals surface area contributed by atoms with Gasteiger partial charge in [0.25, 0.3) is 0 Å². The van der Waals surface area contributed by atoms with Crippen molar-refractivity contribution in [1.82, 2.24) is 4.98 Å². The fourth-order valence-electron chi connectivity index (χ4n) is 2.62. The molecule has 0 amide bonds. The van der Waals surface area contributed by atoms with Crippen molar-refractivity contribution in [3.8, 4) is 11.3 Å². The van der Waals surface area contributed by atoms with Crippen LogP contribution < -0.4 is 4.90 Å². The first-order valence-electron chi connectivity index (χ1n) is 6.95. The van der Waals surface area contributed by atoms with Gasteiger partial charge in [0.1, 0.15) is 0 Å². The summed E-state index contributed by atoms with van der Waals surface area (Å²) in [6, 6.07) is 9.93. The van der Waals surface area contributed by atoms with Gasteiger partial charge in [-0.1, -0.05) is 55.5 Å². The molecule has 1 aromatic heterocycles. The highest BCUT2D eigenvalue weighted by Crippen LogP contribution is 2.35. The highest BCUT2D eigenvalue weighted by molar-refractivity contribution is 7.17. The second-order valence-electron chi connectivity index (χ2n) is 5.55. The molecule has 1 aromatic carbocycles. The van der Waals surface area contributed by atoms with E-state index in [-0.39, 0.29) is 0 Å². The van der Waals surface area contributed by atoms with E-state index in [1.165, 1.54) is 11.3 Å². The second-order valence-corrected chi connectivity index (χ2v) is 6.56. The highest BCUT2D eigenvalue weighted by atomic mass is 32.1. The van der Waals surface area contributed by atoms with Crippen LogP contribution in [0.15, 0.2) is 30.3 Å². The number of hydrogen-bond donors (Lipinski definition) is 0. The van der Waals surface area contributed by atoms with Gasteiger partial charge in [0.15, 0.2) is 11.4 Å². The van der Waals surface area contributed by atoms with Gasteiger partial charge in [-0.3, -0.25) is 4.79 Å². The molecule has 1 aliphatic heterocycles. The van der Waals surface area contributed by atoms with E-state index in [2.05, 4.69) is 18.7 Å². The van der Waals surface area contributed by atoms with E-state index in [1.807, 2.05) is 30.3 Å². The molecule has 0 N–H and O–H groups in total. The fraction of sp³-hybridized carbons (Fsp3) is 0.375. The molecule has 3 rings (SSSR count). The lowest BCUT2D eigenvalue weighted by molar-refractivity contribution is 0.112. The molecule has 0 radical (unpaired) electrons. The van der Waals surface area contributed by atoms with Gasteiger partial charge >= 0.3 is 0 Å². The Balaban J connectivity index is 1.96. The van der Waals surface area contributed by atoms with Crippen LogP contribution in [-0.2, 0) is 0 Å². The summed E-state index contributed by atoms with van der Waals surface area (Å²) >= 11 is 1.50. The third-order valence-corrected chi connectivity index (χ3v) is 5.10. The summed E-state index contributed by atoms with van der Waals surface area (Å²) in [6.07, 6.45) is 0.923. The molecule has 0 aliphatic carbocycles. The van der Waals surface area contributed by atoms with E-state index < -0.39 is 0 Å². The van der Waals surface area contributed by atoms with Crippen LogP contribution in [0.25, 0.3) is 11.3 Å². The number of aldehydes is 1. The Kier molecular flexibility index (Phi) is 3.57. The normalized spacial score (nSPS) is 22.2. The maximum atomic E-state index is 11.3. The van der Waals surface area contributed by atoms with Gasteiger partial charge in [-0.25, -0.2) is 4.98 Å². The molecular weight excluding hydrogens is 268 g/mol. The van der Waals surface area contributed by atoms with Crippen LogP contribution in [0, 0.1) is 11.8 Å². The minimum Gasteiger partial charge on any atom is -0.348 e. The zero-order valence-corrected chi connectivity index (χ0v) is 12.6. The topological polar surface area (TPSA) is 33.2 Å². The third kappa shape index (κ3) is 2.36. The number of aromatic nitrogens is 1. The van der Waals surface area contributed by atoms with E-state index >= 15 is 0 Å². The van der Waals surface area contributed by atoms with E-state index in [0.717, 1.165) is 40.6 Å². The zero-order valence-electron chi connectivity index (χ0n) is 11.7. The fourth-order valence-corrected chi connectivity index (χ4v) is 3.54. The summed E-state index contributed by atoms with van der Waals surface area (Å²) in [5.41, 5.74) is 1.82. The molecule has 0 bridgehead atoms. The van der Waals surface area contributed by atoms with Crippen LogP contribution in [-0.4, -0.2) is 24.4 Å². The van der Waals surface area contributed by atoms with Crippen molar-refractivity contribution < 1.29 is 4.79 Å². The van der Waals surface area contributed by atoms with Crippen molar-refractivity contribution in [3.63, 3.8) is 0 Å². The Bertz CT molecular complexity index is 598. The van der Waals surface area contributed by atoms with Gasteiger partial charge in [0.05, 0.1) is 10.6 Å². The quantitative estimate of drug-likeness (QED) is 0.806. The number of anilines is 1. The smallest absolute Gasteiger partial charge is 0.186 e. The molecule has 1 saturated heterocycles. The maximum absolute atomic E-state index is 11.3. The lowest BCUT2D eigenvalue weighted by Gasteiger charge is -2.13. The number of thiazole rings is 1. The van der Waals surface area contributed by atoms with Crippen LogP contribution in [0.5, 0.6) is 0 Å². The molecule has 2 heterocycles. The molecule has 0 saturated carbocycles. The van der Waals surface area contributed by atoms with Gasteiger partial charge in [0.2, 0.25) is 0 Å². The van der Waals surface area contributed by atoms with Crippen molar-refractivity contribution in [2.75, 3.05) is 18.0 Å². The maximum Gasteiger partial charge on any atom is 0.186 e. The number of carbonyl (C=O) groups is 1. The summed E-state index contributed by atoms with van der Waals surface area (Å²) in [5, 5.41) is 0.974. The Morgan fingerprint density at radius 1 is 1.20 bits per heavy atom. The molecule has 0 spiro atoms. The molecule has 104 valence electrons. The summed E-state index contributed by atoms with van der Waals surface area (Å²) < 4.78 is 0. The number of rotatable bonds is 3. The summed E-state index contributed by atoms with van der Waals surface area (Å²) in [7, 11) is 0. The Hall–Kier alpha value is -1.68. The van der Waals surface area contributed by atoms with Crippen LogP contribution >= 0.6 is 11.3 Å². The highest BCUT2D eigenvalue weighted by Gasteiger charge is 2.28. The molecule has 1 aliphatic rings. The van der Waals surface area contributed by atoms with E-state index in [4.69, 9.17) is 4.98 Å².